The van der Waals surface area contributed by atoms with E-state index in [1.165, 1.54) is 22.8 Å². The third kappa shape index (κ3) is 3.21. The van der Waals surface area contributed by atoms with E-state index in [0.717, 1.165) is 0 Å². The second-order valence-corrected chi connectivity index (χ2v) is 5.88. The Bertz CT molecular complexity index is 1030. The van der Waals surface area contributed by atoms with Crippen molar-refractivity contribution in [3.8, 4) is 5.69 Å². The van der Waals surface area contributed by atoms with Gasteiger partial charge >= 0.3 is 6.09 Å². The van der Waals surface area contributed by atoms with Gasteiger partial charge in [-0.15, -0.1) is 0 Å². The van der Waals surface area contributed by atoms with Gasteiger partial charge in [-0.1, -0.05) is 29.8 Å². The van der Waals surface area contributed by atoms with Crippen molar-refractivity contribution in [1.82, 2.24) is 4.57 Å². The minimum absolute atomic E-state index is 0.280. The molecule has 0 unspecified atom stereocenters. The zero-order chi connectivity index (χ0) is 18.1. The molecular formula is C18H14ClFN2O3. The third-order valence-corrected chi connectivity index (χ3v) is 4.12. The summed E-state index contributed by atoms with van der Waals surface area (Å²) in [6.07, 6.45) is -1.80. The Morgan fingerprint density at radius 1 is 1.24 bits per heavy atom. The molecule has 2 aromatic carbocycles. The molecule has 0 aliphatic carbocycles. The van der Waals surface area contributed by atoms with E-state index in [1.807, 2.05) is 0 Å². The van der Waals surface area contributed by atoms with Gasteiger partial charge in [-0.25, -0.2) is 9.18 Å². The van der Waals surface area contributed by atoms with Gasteiger partial charge in [0, 0.05) is 0 Å². The van der Waals surface area contributed by atoms with Crippen LogP contribution in [0, 0.1) is 5.82 Å². The largest absolute Gasteiger partial charge is 0.440 e. The molecule has 25 heavy (non-hydrogen) atoms. The molecule has 0 fully saturated rings. The second kappa shape index (κ2) is 6.57. The molecule has 3 rings (SSSR count). The summed E-state index contributed by atoms with van der Waals surface area (Å²) in [5.41, 5.74) is 5.29. The average molecular weight is 361 g/mol. The highest BCUT2D eigenvalue weighted by atomic mass is 35.5. The SMILES string of the molecule is C[C@H](OC(N)=O)c1cc2cccc(Cl)c2c(=O)n1-c1cccc(F)c1. The number of ether oxygens (including phenoxy) is 1. The molecule has 1 atom stereocenters. The zero-order valence-electron chi connectivity index (χ0n) is 13.2. The van der Waals surface area contributed by atoms with Crippen LogP contribution < -0.4 is 11.3 Å². The Morgan fingerprint density at radius 2 is 1.96 bits per heavy atom. The minimum Gasteiger partial charge on any atom is -0.440 e. The van der Waals surface area contributed by atoms with E-state index in [2.05, 4.69) is 0 Å². The number of amides is 1. The number of primary amides is 1. The summed E-state index contributed by atoms with van der Waals surface area (Å²) in [4.78, 5) is 24.2. The first kappa shape index (κ1) is 17.0. The van der Waals surface area contributed by atoms with Crippen LogP contribution in [0.5, 0.6) is 0 Å². The number of hydrogen-bond donors (Lipinski definition) is 1. The summed E-state index contributed by atoms with van der Waals surface area (Å²) in [5.74, 6) is -0.502. The van der Waals surface area contributed by atoms with Crippen LogP contribution in [0.3, 0.4) is 0 Å². The fourth-order valence-corrected chi connectivity index (χ4v) is 3.02. The number of carbonyl (C=O) groups is 1. The molecule has 0 radical (unpaired) electrons. The van der Waals surface area contributed by atoms with E-state index < -0.39 is 23.6 Å². The summed E-state index contributed by atoms with van der Waals surface area (Å²) >= 11 is 6.18. The molecule has 1 amide bonds. The van der Waals surface area contributed by atoms with Gasteiger partial charge in [0.2, 0.25) is 0 Å². The van der Waals surface area contributed by atoms with E-state index in [0.29, 0.717) is 22.2 Å². The van der Waals surface area contributed by atoms with Crippen molar-refractivity contribution >= 4 is 28.5 Å². The topological polar surface area (TPSA) is 74.3 Å². The Labute approximate surface area is 147 Å². The highest BCUT2D eigenvalue weighted by molar-refractivity contribution is 6.35. The van der Waals surface area contributed by atoms with Crippen molar-refractivity contribution in [1.29, 1.82) is 0 Å². The zero-order valence-corrected chi connectivity index (χ0v) is 14.0. The first-order chi connectivity index (χ1) is 11.9. The Hall–Kier alpha value is -2.86. The molecular weight excluding hydrogens is 347 g/mol. The number of nitrogens with zero attached hydrogens (tertiary/aromatic N) is 1. The van der Waals surface area contributed by atoms with Crippen LogP contribution in [0.2, 0.25) is 5.02 Å². The summed E-state index contributed by atoms with van der Waals surface area (Å²) < 4.78 is 20.0. The molecule has 1 heterocycles. The summed E-state index contributed by atoms with van der Waals surface area (Å²) in [6, 6.07) is 12.2. The van der Waals surface area contributed by atoms with Crippen molar-refractivity contribution in [3.63, 3.8) is 0 Å². The predicted molar refractivity (Wildman–Crippen MR) is 93.6 cm³/mol. The molecule has 0 aliphatic heterocycles. The van der Waals surface area contributed by atoms with Gasteiger partial charge in [0.15, 0.2) is 0 Å². The first-order valence-electron chi connectivity index (χ1n) is 7.44. The van der Waals surface area contributed by atoms with Crippen LogP contribution in [0.25, 0.3) is 16.5 Å². The van der Waals surface area contributed by atoms with Crippen molar-refractivity contribution in [2.24, 2.45) is 5.73 Å². The van der Waals surface area contributed by atoms with Crippen molar-refractivity contribution in [2.75, 3.05) is 0 Å². The molecule has 0 saturated heterocycles. The fourth-order valence-electron chi connectivity index (χ4n) is 2.75. The van der Waals surface area contributed by atoms with Crippen LogP contribution in [0.15, 0.2) is 53.3 Å². The number of pyridine rings is 1. The van der Waals surface area contributed by atoms with E-state index in [1.54, 1.807) is 37.3 Å². The monoisotopic (exact) mass is 360 g/mol. The van der Waals surface area contributed by atoms with Gasteiger partial charge in [-0.2, -0.15) is 0 Å². The fraction of sp³-hybridized carbons (Fsp3) is 0.111. The predicted octanol–water partition coefficient (Wildman–Crippen LogP) is 3.94. The van der Waals surface area contributed by atoms with Gasteiger partial charge in [0.05, 0.1) is 21.8 Å². The molecule has 7 heteroatoms. The maximum absolute atomic E-state index is 13.7. The number of nitrogens with two attached hydrogens (primary N) is 1. The van der Waals surface area contributed by atoms with Gasteiger partial charge in [0.1, 0.15) is 11.9 Å². The summed E-state index contributed by atoms with van der Waals surface area (Å²) in [6.45, 7) is 1.58. The van der Waals surface area contributed by atoms with Gasteiger partial charge in [-0.05, 0) is 42.6 Å². The maximum Gasteiger partial charge on any atom is 0.405 e. The highest BCUT2D eigenvalue weighted by Crippen LogP contribution is 2.26. The van der Waals surface area contributed by atoms with Gasteiger partial charge < -0.3 is 10.5 Å². The van der Waals surface area contributed by atoms with Gasteiger partial charge in [0.25, 0.3) is 5.56 Å². The highest BCUT2D eigenvalue weighted by Gasteiger charge is 2.19. The maximum atomic E-state index is 13.7. The number of halogens is 2. The van der Waals surface area contributed by atoms with Crippen LogP contribution >= 0.6 is 11.6 Å². The number of aromatic nitrogens is 1. The number of carbonyl (C=O) groups excluding carboxylic acids is 1. The molecule has 128 valence electrons. The Kier molecular flexibility index (Phi) is 4.46. The Morgan fingerprint density at radius 3 is 2.64 bits per heavy atom. The van der Waals surface area contributed by atoms with Crippen LogP contribution in [-0.2, 0) is 4.74 Å². The second-order valence-electron chi connectivity index (χ2n) is 5.47. The van der Waals surface area contributed by atoms with Crippen LogP contribution in [0.1, 0.15) is 18.7 Å². The van der Waals surface area contributed by atoms with Gasteiger partial charge in [-0.3, -0.25) is 9.36 Å². The van der Waals surface area contributed by atoms with Crippen LogP contribution in [0.4, 0.5) is 9.18 Å². The number of hydrogen-bond acceptors (Lipinski definition) is 3. The molecule has 2 N–H and O–H groups in total. The van der Waals surface area contributed by atoms with Crippen molar-refractivity contribution in [3.05, 3.63) is 75.4 Å². The molecule has 1 aromatic heterocycles. The van der Waals surface area contributed by atoms with Crippen LogP contribution in [-0.4, -0.2) is 10.7 Å². The molecule has 0 spiro atoms. The normalized spacial score (nSPS) is 12.1. The van der Waals surface area contributed by atoms with E-state index >= 15 is 0 Å². The smallest absolute Gasteiger partial charge is 0.405 e. The number of rotatable bonds is 3. The van der Waals surface area contributed by atoms with E-state index in [-0.39, 0.29) is 5.02 Å². The third-order valence-electron chi connectivity index (χ3n) is 3.80. The first-order valence-corrected chi connectivity index (χ1v) is 7.82. The summed E-state index contributed by atoms with van der Waals surface area (Å²) in [7, 11) is 0. The molecule has 5 nitrogen and oxygen atoms in total. The average Bonchev–Trinajstić information content (AvgIpc) is 2.53. The standard InChI is InChI=1S/C18H14ClFN2O3/c1-10(25-18(21)24)15-8-11-4-2-7-14(19)16(11)17(23)22(15)13-6-3-5-12(20)9-13/h2-10H,1H3,(H2,21,24)/t10-/m0/s1. The van der Waals surface area contributed by atoms with E-state index in [4.69, 9.17) is 22.1 Å². The minimum atomic E-state index is -0.975. The lowest BCUT2D eigenvalue weighted by Crippen LogP contribution is -2.26. The lowest BCUT2D eigenvalue weighted by Gasteiger charge is -2.19. The number of fused-ring (bicyclic) bond motifs is 1. The number of benzene rings is 2. The molecule has 0 saturated carbocycles. The lowest BCUT2D eigenvalue weighted by molar-refractivity contribution is 0.113. The molecule has 3 aromatic rings. The Balaban J connectivity index is 2.38. The summed E-state index contributed by atoms with van der Waals surface area (Å²) in [5, 5.41) is 1.16. The molecule has 0 aliphatic rings. The van der Waals surface area contributed by atoms with Crippen molar-refractivity contribution < 1.29 is 13.9 Å². The van der Waals surface area contributed by atoms with E-state index in [9.17, 15) is 14.0 Å². The molecule has 0 bridgehead atoms. The van der Waals surface area contributed by atoms with Crippen molar-refractivity contribution in [2.45, 2.75) is 13.0 Å². The quantitative estimate of drug-likeness (QED) is 0.768. The lowest BCUT2D eigenvalue weighted by atomic mass is 10.1.